The second-order valence-corrected chi connectivity index (χ2v) is 8.73. The number of hydrogen-bond acceptors (Lipinski definition) is 9. The molecule has 10 heteroatoms. The summed E-state index contributed by atoms with van der Waals surface area (Å²) in [4.78, 5) is 50.4. The second-order valence-electron chi connectivity index (χ2n) is 8.73. The van der Waals surface area contributed by atoms with Gasteiger partial charge in [-0.3, -0.25) is 4.79 Å². The molecule has 0 bridgehead atoms. The molecule has 1 heterocycles. The number of rotatable bonds is 9. The van der Waals surface area contributed by atoms with E-state index in [2.05, 4.69) is 5.32 Å². The fourth-order valence-corrected chi connectivity index (χ4v) is 4.07. The number of ether oxygens (including phenoxy) is 4. The van der Waals surface area contributed by atoms with E-state index >= 15 is 0 Å². The van der Waals surface area contributed by atoms with Crippen molar-refractivity contribution in [3.05, 3.63) is 108 Å². The molecule has 10 nitrogen and oxygen atoms in total. The lowest BCUT2D eigenvalue weighted by molar-refractivity contribution is -0.144. The maximum Gasteiger partial charge on any atom is 0.338 e. The van der Waals surface area contributed by atoms with Gasteiger partial charge in [0.05, 0.1) is 16.7 Å². The Morgan fingerprint density at radius 1 is 0.795 bits per heavy atom. The number of benzene rings is 3. The molecule has 0 spiro atoms. The summed E-state index contributed by atoms with van der Waals surface area (Å²) in [6, 6.07) is 23.2. The Balaban J connectivity index is 1.62. The molecule has 39 heavy (non-hydrogen) atoms. The predicted molar refractivity (Wildman–Crippen MR) is 136 cm³/mol. The molecule has 0 saturated carbocycles. The predicted octanol–water partition coefficient (Wildman–Crippen LogP) is 2.52. The van der Waals surface area contributed by atoms with Gasteiger partial charge in [-0.1, -0.05) is 54.6 Å². The zero-order valence-corrected chi connectivity index (χ0v) is 21.0. The van der Waals surface area contributed by atoms with Crippen molar-refractivity contribution in [2.45, 2.75) is 37.6 Å². The van der Waals surface area contributed by atoms with E-state index in [1.165, 1.54) is 31.2 Å². The van der Waals surface area contributed by atoms with Crippen LogP contribution < -0.4 is 5.32 Å². The van der Waals surface area contributed by atoms with Gasteiger partial charge in [-0.05, 0) is 36.4 Å². The summed E-state index contributed by atoms with van der Waals surface area (Å²) in [5.74, 6) is -2.72. The van der Waals surface area contributed by atoms with Crippen LogP contribution in [-0.4, -0.2) is 66.2 Å². The first-order valence-electron chi connectivity index (χ1n) is 12.2. The molecule has 0 aromatic heterocycles. The highest BCUT2D eigenvalue weighted by Crippen LogP contribution is 2.29. The van der Waals surface area contributed by atoms with Gasteiger partial charge in [0, 0.05) is 6.92 Å². The van der Waals surface area contributed by atoms with Crippen LogP contribution in [0, 0.1) is 0 Å². The van der Waals surface area contributed by atoms with Crippen molar-refractivity contribution in [2.75, 3.05) is 6.61 Å². The molecule has 1 saturated heterocycles. The quantitative estimate of drug-likeness (QED) is 0.314. The van der Waals surface area contributed by atoms with E-state index in [4.69, 9.17) is 18.9 Å². The standard InChI is InChI=1S/C29H27NO9/c1-18(31)30-23-25(39-28(34)21-15-9-4-10-16-21)24(38-29(23)35)22(37-27(33)20-13-7-3-8-14-20)17-36-26(32)19-11-5-2-6-12-19/h2-16,22-25,29,35H,17H2,1H3,(H,30,31)/t22-,23-,24-,25-,29?/m1/s1. The lowest BCUT2D eigenvalue weighted by Gasteiger charge is -2.28. The lowest BCUT2D eigenvalue weighted by atomic mass is 10.0. The van der Waals surface area contributed by atoms with Crippen molar-refractivity contribution in [3.63, 3.8) is 0 Å². The van der Waals surface area contributed by atoms with Gasteiger partial charge in [0.2, 0.25) is 5.91 Å². The van der Waals surface area contributed by atoms with Crippen LogP contribution in [0.4, 0.5) is 0 Å². The van der Waals surface area contributed by atoms with E-state index < -0.39 is 61.1 Å². The third kappa shape index (κ3) is 7.07. The van der Waals surface area contributed by atoms with Gasteiger partial charge in [0.25, 0.3) is 0 Å². The molecule has 0 aliphatic carbocycles. The topological polar surface area (TPSA) is 137 Å². The molecule has 4 rings (SSSR count). The van der Waals surface area contributed by atoms with E-state index in [9.17, 15) is 24.3 Å². The zero-order chi connectivity index (χ0) is 27.8. The molecule has 0 radical (unpaired) electrons. The summed E-state index contributed by atoms with van der Waals surface area (Å²) in [5.41, 5.74) is 0.695. The lowest BCUT2D eigenvalue weighted by Crippen LogP contribution is -2.51. The molecule has 202 valence electrons. The Kier molecular flexibility index (Phi) is 9.03. The van der Waals surface area contributed by atoms with Crippen LogP contribution in [0.5, 0.6) is 0 Å². The van der Waals surface area contributed by atoms with Gasteiger partial charge in [-0.15, -0.1) is 0 Å². The molecule has 5 atom stereocenters. The maximum absolute atomic E-state index is 13.0. The summed E-state index contributed by atoms with van der Waals surface area (Å²) in [6.07, 6.45) is -5.55. The van der Waals surface area contributed by atoms with Gasteiger partial charge in [0.15, 0.2) is 18.5 Å². The highest BCUT2D eigenvalue weighted by molar-refractivity contribution is 5.91. The minimum Gasteiger partial charge on any atom is -0.458 e. The number of carbonyl (C=O) groups excluding carboxylic acids is 4. The van der Waals surface area contributed by atoms with Crippen molar-refractivity contribution in [1.82, 2.24) is 5.32 Å². The van der Waals surface area contributed by atoms with Crippen molar-refractivity contribution in [3.8, 4) is 0 Å². The summed E-state index contributed by atoms with van der Waals surface area (Å²) in [5, 5.41) is 13.2. The fraction of sp³-hybridized carbons (Fsp3) is 0.241. The van der Waals surface area contributed by atoms with E-state index in [1.807, 2.05) is 0 Å². The van der Waals surface area contributed by atoms with E-state index in [-0.39, 0.29) is 16.7 Å². The van der Waals surface area contributed by atoms with Crippen LogP contribution in [0.25, 0.3) is 0 Å². The average Bonchev–Trinajstić information content (AvgIpc) is 3.25. The smallest absolute Gasteiger partial charge is 0.338 e. The first-order valence-corrected chi connectivity index (χ1v) is 12.2. The van der Waals surface area contributed by atoms with E-state index in [1.54, 1.807) is 66.7 Å². The number of nitrogens with one attached hydrogen (secondary N) is 1. The van der Waals surface area contributed by atoms with Crippen LogP contribution in [0.1, 0.15) is 38.0 Å². The molecule has 2 N–H and O–H groups in total. The van der Waals surface area contributed by atoms with Gasteiger partial charge >= 0.3 is 17.9 Å². The van der Waals surface area contributed by atoms with Crippen LogP contribution in [0.2, 0.25) is 0 Å². The largest absolute Gasteiger partial charge is 0.458 e. The Bertz CT molecular complexity index is 1280. The van der Waals surface area contributed by atoms with Gasteiger partial charge in [0.1, 0.15) is 18.8 Å². The van der Waals surface area contributed by atoms with E-state index in [0.29, 0.717) is 0 Å². The fourth-order valence-electron chi connectivity index (χ4n) is 4.07. The van der Waals surface area contributed by atoms with Gasteiger partial charge in [-0.25, -0.2) is 14.4 Å². The molecule has 1 aliphatic rings. The Labute approximate surface area is 224 Å². The summed E-state index contributed by atoms with van der Waals surface area (Å²) >= 11 is 0. The Hall–Kier alpha value is -4.54. The third-order valence-electron chi connectivity index (χ3n) is 5.93. The number of aliphatic hydroxyl groups is 1. The molecule has 1 fully saturated rings. The minimum absolute atomic E-state index is 0.215. The second kappa shape index (κ2) is 12.8. The molecule has 3 aromatic carbocycles. The number of esters is 3. The van der Waals surface area contributed by atoms with Crippen molar-refractivity contribution < 1.29 is 43.2 Å². The number of hydrogen-bond donors (Lipinski definition) is 2. The Morgan fingerprint density at radius 2 is 1.28 bits per heavy atom. The van der Waals surface area contributed by atoms with Gasteiger partial charge in [-0.2, -0.15) is 0 Å². The van der Waals surface area contributed by atoms with Crippen LogP contribution in [0.15, 0.2) is 91.0 Å². The summed E-state index contributed by atoms with van der Waals surface area (Å²) < 4.78 is 22.4. The monoisotopic (exact) mass is 533 g/mol. The number of aliphatic hydroxyl groups excluding tert-OH is 1. The Morgan fingerprint density at radius 3 is 1.79 bits per heavy atom. The van der Waals surface area contributed by atoms with Gasteiger partial charge < -0.3 is 29.4 Å². The molecular weight excluding hydrogens is 506 g/mol. The molecule has 1 amide bonds. The minimum atomic E-state index is -1.62. The molecule has 1 unspecified atom stereocenters. The van der Waals surface area contributed by atoms with Crippen LogP contribution >= 0.6 is 0 Å². The number of amides is 1. The SMILES string of the molecule is CC(=O)N[C@H]1C(O)O[C@H]([C@@H](COC(=O)c2ccccc2)OC(=O)c2ccccc2)[C@@H]1OC(=O)c1ccccc1. The van der Waals surface area contributed by atoms with Crippen LogP contribution in [0.3, 0.4) is 0 Å². The molecule has 3 aromatic rings. The van der Waals surface area contributed by atoms with Crippen LogP contribution in [-0.2, 0) is 23.7 Å². The highest BCUT2D eigenvalue weighted by atomic mass is 16.7. The third-order valence-corrected chi connectivity index (χ3v) is 5.93. The van der Waals surface area contributed by atoms with Crippen molar-refractivity contribution >= 4 is 23.8 Å². The van der Waals surface area contributed by atoms with E-state index in [0.717, 1.165) is 0 Å². The summed E-state index contributed by atoms with van der Waals surface area (Å²) in [7, 11) is 0. The first-order chi connectivity index (χ1) is 18.8. The molecule has 1 aliphatic heterocycles. The zero-order valence-electron chi connectivity index (χ0n) is 21.0. The normalized spacial score (nSPS) is 20.9. The molecular formula is C29H27NO9. The first kappa shape index (κ1) is 27.5. The maximum atomic E-state index is 13.0. The average molecular weight is 534 g/mol. The van der Waals surface area contributed by atoms with Crippen molar-refractivity contribution in [1.29, 1.82) is 0 Å². The van der Waals surface area contributed by atoms with Crippen molar-refractivity contribution in [2.24, 2.45) is 0 Å². The highest BCUT2D eigenvalue weighted by Gasteiger charge is 2.52. The number of carbonyl (C=O) groups is 4. The summed E-state index contributed by atoms with van der Waals surface area (Å²) in [6.45, 7) is 0.737.